The van der Waals surface area contributed by atoms with Crippen LogP contribution in [0.4, 0.5) is 8.78 Å². The van der Waals surface area contributed by atoms with Crippen molar-refractivity contribution in [1.82, 2.24) is 10.2 Å². The van der Waals surface area contributed by atoms with Crippen molar-refractivity contribution in [2.24, 2.45) is 0 Å². The van der Waals surface area contributed by atoms with Gasteiger partial charge in [0, 0.05) is 12.1 Å². The molecule has 2 atom stereocenters. The lowest BCUT2D eigenvalue weighted by molar-refractivity contribution is -0.126. The number of rotatable bonds is 5. The molecule has 0 spiro atoms. The first-order valence-electron chi connectivity index (χ1n) is 9.65. The van der Waals surface area contributed by atoms with Gasteiger partial charge in [-0.2, -0.15) is 0 Å². The molecular formula is C24H20F2N2O2. The monoisotopic (exact) mass is 406 g/mol. The van der Waals surface area contributed by atoms with Crippen molar-refractivity contribution in [2.75, 3.05) is 0 Å². The van der Waals surface area contributed by atoms with Crippen LogP contribution in [0.15, 0.2) is 72.8 Å². The van der Waals surface area contributed by atoms with E-state index in [1.54, 1.807) is 48.5 Å². The van der Waals surface area contributed by atoms with Crippen LogP contribution in [-0.4, -0.2) is 16.7 Å². The van der Waals surface area contributed by atoms with Crippen LogP contribution in [0.25, 0.3) is 0 Å². The van der Waals surface area contributed by atoms with Gasteiger partial charge in [0.25, 0.3) is 5.91 Å². The quantitative estimate of drug-likeness (QED) is 0.676. The minimum absolute atomic E-state index is 0.213. The van der Waals surface area contributed by atoms with Crippen molar-refractivity contribution in [2.45, 2.75) is 25.6 Å². The highest BCUT2D eigenvalue weighted by atomic mass is 19.1. The van der Waals surface area contributed by atoms with E-state index in [0.29, 0.717) is 11.1 Å². The molecule has 30 heavy (non-hydrogen) atoms. The van der Waals surface area contributed by atoms with Crippen molar-refractivity contribution in [1.29, 1.82) is 0 Å². The predicted molar refractivity (Wildman–Crippen MR) is 108 cm³/mol. The summed E-state index contributed by atoms with van der Waals surface area (Å²) < 4.78 is 26.5. The van der Waals surface area contributed by atoms with E-state index in [1.165, 1.54) is 29.2 Å². The highest BCUT2D eigenvalue weighted by Gasteiger charge is 2.43. The molecule has 4 nitrogen and oxygen atoms in total. The second-order valence-electron chi connectivity index (χ2n) is 7.27. The number of amides is 2. The zero-order chi connectivity index (χ0) is 21.3. The molecule has 6 heteroatoms. The number of nitrogens with one attached hydrogen (secondary N) is 1. The van der Waals surface area contributed by atoms with Gasteiger partial charge < -0.3 is 10.2 Å². The summed E-state index contributed by atoms with van der Waals surface area (Å²) >= 11 is 0. The first-order valence-corrected chi connectivity index (χ1v) is 9.65. The van der Waals surface area contributed by atoms with Crippen molar-refractivity contribution in [3.8, 4) is 0 Å². The van der Waals surface area contributed by atoms with Gasteiger partial charge in [-0.05, 0) is 53.9 Å². The minimum Gasteiger partial charge on any atom is -0.350 e. The SMILES string of the molecule is CC(c1ccc(F)cc1)N1C(=O)c2ccccc2C1C(=O)NCc1ccc(F)cc1. The largest absolute Gasteiger partial charge is 0.350 e. The number of fused-ring (bicyclic) bond motifs is 1. The third kappa shape index (κ3) is 3.68. The van der Waals surface area contributed by atoms with Gasteiger partial charge in [0.05, 0.1) is 6.04 Å². The van der Waals surface area contributed by atoms with Gasteiger partial charge in [0.2, 0.25) is 5.91 Å². The minimum atomic E-state index is -0.811. The second-order valence-corrected chi connectivity index (χ2v) is 7.27. The molecule has 2 amide bonds. The molecule has 4 rings (SSSR count). The number of hydrogen-bond acceptors (Lipinski definition) is 2. The summed E-state index contributed by atoms with van der Waals surface area (Å²) in [7, 11) is 0. The average Bonchev–Trinajstić information content (AvgIpc) is 3.06. The first-order chi connectivity index (χ1) is 14.5. The predicted octanol–water partition coefficient (Wildman–Crippen LogP) is 4.54. The fourth-order valence-corrected chi connectivity index (χ4v) is 3.79. The number of nitrogens with zero attached hydrogens (tertiary/aromatic N) is 1. The third-order valence-electron chi connectivity index (χ3n) is 5.40. The van der Waals surface area contributed by atoms with E-state index in [0.717, 1.165) is 11.1 Å². The Morgan fingerprint density at radius 1 is 0.967 bits per heavy atom. The zero-order valence-corrected chi connectivity index (χ0v) is 16.3. The molecule has 0 bridgehead atoms. The molecule has 1 N–H and O–H groups in total. The normalized spacial score (nSPS) is 16.3. The van der Waals surface area contributed by atoms with Gasteiger partial charge in [-0.3, -0.25) is 9.59 Å². The topological polar surface area (TPSA) is 49.4 Å². The highest BCUT2D eigenvalue weighted by Crippen LogP contribution is 2.39. The lowest BCUT2D eigenvalue weighted by Crippen LogP contribution is -2.40. The van der Waals surface area contributed by atoms with Crippen molar-refractivity contribution >= 4 is 11.8 Å². The Hall–Kier alpha value is -3.54. The Bertz CT molecular complexity index is 1080. The molecule has 0 saturated carbocycles. The van der Waals surface area contributed by atoms with Crippen LogP contribution in [-0.2, 0) is 11.3 Å². The Morgan fingerprint density at radius 3 is 2.23 bits per heavy atom. The van der Waals surface area contributed by atoms with Crippen LogP contribution in [0, 0.1) is 11.6 Å². The van der Waals surface area contributed by atoms with Crippen LogP contribution in [0.5, 0.6) is 0 Å². The lowest BCUT2D eigenvalue weighted by Gasteiger charge is -2.31. The summed E-state index contributed by atoms with van der Waals surface area (Å²) in [4.78, 5) is 27.8. The van der Waals surface area contributed by atoms with Gasteiger partial charge in [-0.1, -0.05) is 42.5 Å². The molecule has 1 aliphatic heterocycles. The summed E-state index contributed by atoms with van der Waals surface area (Å²) in [5.41, 5.74) is 2.59. The lowest BCUT2D eigenvalue weighted by atomic mass is 10.0. The fourth-order valence-electron chi connectivity index (χ4n) is 3.79. The summed E-state index contributed by atoms with van der Waals surface area (Å²) in [5.74, 6) is -1.29. The first kappa shape index (κ1) is 19.8. The molecule has 0 saturated heterocycles. The molecule has 152 valence electrons. The molecule has 1 aliphatic rings. The Balaban J connectivity index is 1.62. The second kappa shape index (κ2) is 8.06. The fraction of sp³-hybridized carbons (Fsp3) is 0.167. The number of benzene rings is 3. The van der Waals surface area contributed by atoms with E-state index in [1.807, 2.05) is 6.92 Å². The van der Waals surface area contributed by atoms with Crippen LogP contribution < -0.4 is 5.32 Å². The van der Waals surface area contributed by atoms with Gasteiger partial charge in [-0.15, -0.1) is 0 Å². The zero-order valence-electron chi connectivity index (χ0n) is 16.3. The van der Waals surface area contributed by atoms with Crippen LogP contribution in [0.3, 0.4) is 0 Å². The number of carbonyl (C=O) groups excluding carboxylic acids is 2. The Kier molecular flexibility index (Phi) is 5.31. The van der Waals surface area contributed by atoms with Crippen molar-refractivity contribution in [3.05, 3.63) is 107 Å². The molecule has 1 heterocycles. The van der Waals surface area contributed by atoms with Crippen LogP contribution >= 0.6 is 0 Å². The summed E-state index contributed by atoms with van der Waals surface area (Å²) in [5, 5.41) is 2.85. The Morgan fingerprint density at radius 2 is 1.57 bits per heavy atom. The number of halogens is 2. The van der Waals surface area contributed by atoms with E-state index in [2.05, 4.69) is 5.32 Å². The molecule has 2 unspecified atom stereocenters. The molecule has 0 fully saturated rings. The van der Waals surface area contributed by atoms with E-state index in [9.17, 15) is 18.4 Å². The van der Waals surface area contributed by atoms with Gasteiger partial charge in [0.1, 0.15) is 17.7 Å². The van der Waals surface area contributed by atoms with Gasteiger partial charge >= 0.3 is 0 Å². The maximum Gasteiger partial charge on any atom is 0.255 e. The smallest absolute Gasteiger partial charge is 0.255 e. The third-order valence-corrected chi connectivity index (χ3v) is 5.40. The maximum absolute atomic E-state index is 13.3. The highest BCUT2D eigenvalue weighted by molar-refractivity contribution is 6.04. The average molecular weight is 406 g/mol. The van der Waals surface area contributed by atoms with E-state index in [-0.39, 0.29) is 30.0 Å². The van der Waals surface area contributed by atoms with Crippen molar-refractivity contribution < 1.29 is 18.4 Å². The van der Waals surface area contributed by atoms with Crippen LogP contribution in [0.2, 0.25) is 0 Å². The number of hydrogen-bond donors (Lipinski definition) is 1. The maximum atomic E-state index is 13.3. The van der Waals surface area contributed by atoms with Gasteiger partial charge in [-0.25, -0.2) is 8.78 Å². The molecule has 3 aromatic rings. The molecule has 0 aliphatic carbocycles. The van der Waals surface area contributed by atoms with E-state index >= 15 is 0 Å². The van der Waals surface area contributed by atoms with E-state index < -0.39 is 12.1 Å². The summed E-state index contributed by atoms with van der Waals surface area (Å²) in [6, 6.07) is 17.5. The van der Waals surface area contributed by atoms with Gasteiger partial charge in [0.15, 0.2) is 0 Å². The van der Waals surface area contributed by atoms with Crippen molar-refractivity contribution in [3.63, 3.8) is 0 Å². The Labute approximate surface area is 173 Å². The molecule has 0 aromatic heterocycles. The standard InChI is InChI=1S/C24H20F2N2O2/c1-15(17-8-12-19(26)13-9-17)28-22(20-4-2-3-5-21(20)24(28)30)23(29)27-14-16-6-10-18(25)11-7-16/h2-13,15,22H,14H2,1H3,(H,27,29). The van der Waals surface area contributed by atoms with E-state index in [4.69, 9.17) is 0 Å². The number of carbonyl (C=O) groups is 2. The molecular weight excluding hydrogens is 386 g/mol. The summed E-state index contributed by atoms with van der Waals surface area (Å²) in [6.07, 6.45) is 0. The molecule has 0 radical (unpaired) electrons. The summed E-state index contributed by atoms with van der Waals surface area (Å²) in [6.45, 7) is 2.03. The van der Waals surface area contributed by atoms with Crippen LogP contribution in [0.1, 0.15) is 46.1 Å². The molecule has 3 aromatic carbocycles.